The second kappa shape index (κ2) is 10.2. The van der Waals surface area contributed by atoms with Gasteiger partial charge in [0.15, 0.2) is 0 Å². The molecular formula is C26H26N2O6S. The number of rotatable bonds is 7. The van der Waals surface area contributed by atoms with Gasteiger partial charge in [0.2, 0.25) is 16.1 Å². The number of ether oxygens (including phenoxy) is 2. The van der Waals surface area contributed by atoms with Crippen LogP contribution < -0.4 is 14.4 Å². The first-order valence-corrected chi connectivity index (χ1v) is 12.7. The van der Waals surface area contributed by atoms with Crippen molar-refractivity contribution in [1.29, 1.82) is 0 Å². The maximum absolute atomic E-state index is 13.2. The van der Waals surface area contributed by atoms with E-state index in [0.29, 0.717) is 35.7 Å². The lowest BCUT2D eigenvalue weighted by molar-refractivity contribution is -0.125. The van der Waals surface area contributed by atoms with Gasteiger partial charge in [0.05, 0.1) is 29.8 Å². The van der Waals surface area contributed by atoms with Crippen LogP contribution in [0.15, 0.2) is 72.8 Å². The average molecular weight is 495 g/mol. The molecular weight excluding hydrogens is 468 g/mol. The van der Waals surface area contributed by atoms with Crippen LogP contribution in [-0.4, -0.2) is 39.7 Å². The normalized spacial score (nSPS) is 15.3. The van der Waals surface area contributed by atoms with Crippen LogP contribution in [0.3, 0.4) is 0 Å². The lowest BCUT2D eigenvalue weighted by Gasteiger charge is -2.20. The van der Waals surface area contributed by atoms with E-state index in [2.05, 4.69) is 5.32 Å². The van der Waals surface area contributed by atoms with E-state index in [-0.39, 0.29) is 11.3 Å². The molecule has 0 radical (unpaired) electrons. The summed E-state index contributed by atoms with van der Waals surface area (Å²) < 4.78 is 36.6. The number of nitrogens with one attached hydrogen (secondary N) is 1. The Labute approximate surface area is 204 Å². The van der Waals surface area contributed by atoms with Gasteiger partial charge in [-0.3, -0.25) is 9.10 Å². The van der Waals surface area contributed by atoms with Gasteiger partial charge in [0.1, 0.15) is 5.75 Å². The quantitative estimate of drug-likeness (QED) is 0.497. The fraction of sp³-hybridized carbons (Fsp3) is 0.231. The summed E-state index contributed by atoms with van der Waals surface area (Å²) in [6.45, 7) is 2.30. The molecule has 0 saturated carbocycles. The Hall–Kier alpha value is -3.85. The number of hydrogen-bond donors (Lipinski definition) is 1. The van der Waals surface area contributed by atoms with Gasteiger partial charge < -0.3 is 14.8 Å². The van der Waals surface area contributed by atoms with Crippen LogP contribution in [0.25, 0.3) is 0 Å². The van der Waals surface area contributed by atoms with Gasteiger partial charge in [-0.05, 0) is 55.3 Å². The molecule has 182 valence electrons. The van der Waals surface area contributed by atoms with E-state index in [1.165, 1.54) is 23.5 Å². The maximum atomic E-state index is 13.2. The largest absolute Gasteiger partial charge is 0.495 e. The zero-order valence-corrected chi connectivity index (χ0v) is 20.2. The van der Waals surface area contributed by atoms with Crippen molar-refractivity contribution in [2.24, 2.45) is 0 Å². The molecule has 0 aliphatic carbocycles. The van der Waals surface area contributed by atoms with Gasteiger partial charge in [0.25, 0.3) is 5.91 Å². The topological polar surface area (TPSA) is 102 Å². The van der Waals surface area contributed by atoms with Gasteiger partial charge >= 0.3 is 5.97 Å². The van der Waals surface area contributed by atoms with E-state index >= 15 is 0 Å². The predicted octanol–water partition coefficient (Wildman–Crippen LogP) is 4.08. The van der Waals surface area contributed by atoms with Crippen LogP contribution in [0.2, 0.25) is 0 Å². The summed E-state index contributed by atoms with van der Waals surface area (Å²) in [5.41, 5.74) is 2.58. The standard InChI is InChI=1S/C26H26N2O6S/c1-18-9-14-23(33-2)22(17-18)27-25(29)24(19-7-4-3-5-8-19)34-26(30)20-10-12-21(13-11-20)28-15-6-16-35(28,31)32/h3-5,7-14,17,24H,6,15-16H2,1-2H3,(H,27,29). The molecule has 1 unspecified atom stereocenters. The molecule has 1 saturated heterocycles. The first-order valence-electron chi connectivity index (χ1n) is 11.1. The van der Waals surface area contributed by atoms with Gasteiger partial charge in [0, 0.05) is 12.1 Å². The summed E-state index contributed by atoms with van der Waals surface area (Å²) in [6.07, 6.45) is -0.654. The van der Waals surface area contributed by atoms with Gasteiger partial charge in [-0.15, -0.1) is 0 Å². The Morgan fingerprint density at radius 2 is 1.71 bits per heavy atom. The van der Waals surface area contributed by atoms with Crippen LogP contribution in [0.1, 0.15) is 34.0 Å². The average Bonchev–Trinajstić information content (AvgIpc) is 3.22. The molecule has 0 aromatic heterocycles. The number of hydrogen-bond acceptors (Lipinski definition) is 6. The molecule has 9 heteroatoms. The van der Waals surface area contributed by atoms with Gasteiger partial charge in [-0.25, -0.2) is 13.2 Å². The Balaban J connectivity index is 1.56. The highest BCUT2D eigenvalue weighted by molar-refractivity contribution is 7.93. The zero-order valence-electron chi connectivity index (χ0n) is 19.4. The summed E-state index contributed by atoms with van der Waals surface area (Å²) in [4.78, 5) is 26.2. The van der Waals surface area contributed by atoms with Crippen LogP contribution >= 0.6 is 0 Å². The Bertz CT molecular complexity index is 1320. The fourth-order valence-electron chi connectivity index (χ4n) is 3.89. The minimum atomic E-state index is -3.32. The first kappa shape index (κ1) is 24.3. The fourth-order valence-corrected chi connectivity index (χ4v) is 5.45. The van der Waals surface area contributed by atoms with E-state index in [0.717, 1.165) is 5.56 Å². The minimum Gasteiger partial charge on any atom is -0.495 e. The molecule has 0 spiro atoms. The third kappa shape index (κ3) is 5.46. The second-order valence-electron chi connectivity index (χ2n) is 8.18. The highest BCUT2D eigenvalue weighted by Gasteiger charge is 2.29. The van der Waals surface area contributed by atoms with Crippen molar-refractivity contribution in [2.75, 3.05) is 29.0 Å². The third-order valence-corrected chi connectivity index (χ3v) is 7.54. The van der Waals surface area contributed by atoms with Gasteiger partial charge in [-0.2, -0.15) is 0 Å². The number of amides is 1. The number of carbonyl (C=O) groups excluding carboxylic acids is 2. The van der Waals surface area contributed by atoms with E-state index in [4.69, 9.17) is 9.47 Å². The van der Waals surface area contributed by atoms with E-state index in [1.54, 1.807) is 54.6 Å². The monoisotopic (exact) mass is 494 g/mol. The molecule has 1 aliphatic rings. The Morgan fingerprint density at radius 1 is 1.00 bits per heavy atom. The summed E-state index contributed by atoms with van der Waals surface area (Å²) in [7, 11) is -1.82. The molecule has 35 heavy (non-hydrogen) atoms. The highest BCUT2D eigenvalue weighted by atomic mass is 32.2. The van der Waals surface area contributed by atoms with E-state index in [9.17, 15) is 18.0 Å². The molecule has 1 atom stereocenters. The summed E-state index contributed by atoms with van der Waals surface area (Å²) in [6, 6.07) is 20.2. The highest BCUT2D eigenvalue weighted by Crippen LogP contribution is 2.29. The molecule has 0 bridgehead atoms. The minimum absolute atomic E-state index is 0.108. The van der Waals surface area contributed by atoms with Crippen LogP contribution in [-0.2, 0) is 19.6 Å². The summed E-state index contributed by atoms with van der Waals surface area (Å²) in [5, 5.41) is 2.80. The first-order chi connectivity index (χ1) is 16.8. The van der Waals surface area contributed by atoms with E-state index in [1.807, 2.05) is 13.0 Å². The van der Waals surface area contributed by atoms with Crippen molar-refractivity contribution in [2.45, 2.75) is 19.4 Å². The molecule has 4 rings (SSSR count). The van der Waals surface area contributed by atoms with Crippen LogP contribution in [0, 0.1) is 6.92 Å². The number of carbonyl (C=O) groups is 2. The molecule has 1 heterocycles. The van der Waals surface area contributed by atoms with E-state index < -0.39 is 28.0 Å². The number of anilines is 2. The number of sulfonamides is 1. The SMILES string of the molecule is COc1ccc(C)cc1NC(=O)C(OC(=O)c1ccc(N2CCCS2(=O)=O)cc1)c1ccccc1. The molecule has 1 N–H and O–H groups in total. The third-order valence-electron chi connectivity index (χ3n) is 5.67. The molecule has 1 amide bonds. The molecule has 3 aromatic carbocycles. The van der Waals surface area contributed by atoms with Gasteiger partial charge in [-0.1, -0.05) is 36.4 Å². The van der Waals surface area contributed by atoms with Crippen molar-refractivity contribution in [1.82, 2.24) is 0 Å². The Kier molecular flexibility index (Phi) is 7.07. The second-order valence-corrected chi connectivity index (χ2v) is 10.2. The smallest absolute Gasteiger partial charge is 0.339 e. The number of aryl methyl sites for hydroxylation is 1. The van der Waals surface area contributed by atoms with Crippen LogP contribution in [0.5, 0.6) is 5.75 Å². The number of benzene rings is 3. The summed E-state index contributed by atoms with van der Waals surface area (Å²) in [5.74, 6) is -0.653. The Morgan fingerprint density at radius 3 is 2.34 bits per heavy atom. The number of methoxy groups -OCH3 is 1. The van der Waals surface area contributed by atoms with Crippen molar-refractivity contribution in [3.63, 3.8) is 0 Å². The van der Waals surface area contributed by atoms with Crippen molar-refractivity contribution in [3.05, 3.63) is 89.5 Å². The molecule has 8 nitrogen and oxygen atoms in total. The zero-order chi connectivity index (χ0) is 25.0. The molecule has 1 aliphatic heterocycles. The maximum Gasteiger partial charge on any atom is 0.339 e. The van der Waals surface area contributed by atoms with Crippen LogP contribution in [0.4, 0.5) is 11.4 Å². The lowest BCUT2D eigenvalue weighted by atomic mass is 10.1. The number of esters is 1. The predicted molar refractivity (Wildman–Crippen MR) is 133 cm³/mol. The molecule has 3 aromatic rings. The number of nitrogens with zero attached hydrogens (tertiary/aromatic N) is 1. The van der Waals surface area contributed by atoms with Crippen molar-refractivity contribution < 1.29 is 27.5 Å². The lowest BCUT2D eigenvalue weighted by Crippen LogP contribution is -2.26. The van der Waals surface area contributed by atoms with Crippen molar-refractivity contribution >= 4 is 33.3 Å². The molecule has 1 fully saturated rings. The van der Waals surface area contributed by atoms with Crippen molar-refractivity contribution in [3.8, 4) is 5.75 Å². The summed E-state index contributed by atoms with van der Waals surface area (Å²) >= 11 is 0.